The number of nitrogens with two attached hydrogens (primary N) is 1. The minimum absolute atomic E-state index is 0.392. The van der Waals surface area contributed by atoms with E-state index in [0.29, 0.717) is 6.04 Å². The summed E-state index contributed by atoms with van der Waals surface area (Å²) in [6.07, 6.45) is 4.62. The van der Waals surface area contributed by atoms with Gasteiger partial charge in [-0.05, 0) is 47.7 Å². The van der Waals surface area contributed by atoms with Gasteiger partial charge in [0, 0.05) is 20.8 Å². The monoisotopic (exact) mass is 261 g/mol. The van der Waals surface area contributed by atoms with Crippen LogP contribution in [0.3, 0.4) is 0 Å². The molecule has 0 amide bonds. The largest absolute Gasteiger partial charge is 0.328 e. The van der Waals surface area contributed by atoms with Gasteiger partial charge in [-0.15, -0.1) is 11.3 Å². The van der Waals surface area contributed by atoms with Crippen LogP contribution in [0.2, 0.25) is 0 Å². The van der Waals surface area contributed by atoms with Gasteiger partial charge in [0.15, 0.2) is 0 Å². The third-order valence-electron chi connectivity index (χ3n) is 2.14. The van der Waals surface area contributed by atoms with Crippen molar-refractivity contribution in [2.24, 2.45) is 5.73 Å². The Morgan fingerprint density at radius 2 is 2.38 bits per heavy atom. The van der Waals surface area contributed by atoms with E-state index in [-0.39, 0.29) is 0 Å². The first-order valence-electron chi connectivity index (χ1n) is 4.71. The van der Waals surface area contributed by atoms with Crippen molar-refractivity contribution in [2.45, 2.75) is 38.6 Å². The molecule has 0 radical (unpaired) electrons. The molecule has 74 valence electrons. The normalized spacial score (nSPS) is 13.2. The zero-order chi connectivity index (χ0) is 9.68. The zero-order valence-electron chi connectivity index (χ0n) is 7.92. The van der Waals surface area contributed by atoms with Gasteiger partial charge in [-0.25, -0.2) is 0 Å². The Morgan fingerprint density at radius 1 is 1.62 bits per heavy atom. The summed E-state index contributed by atoms with van der Waals surface area (Å²) in [7, 11) is 0. The van der Waals surface area contributed by atoms with E-state index in [9.17, 15) is 0 Å². The van der Waals surface area contributed by atoms with E-state index < -0.39 is 0 Å². The van der Waals surface area contributed by atoms with Gasteiger partial charge >= 0.3 is 0 Å². The van der Waals surface area contributed by atoms with E-state index in [2.05, 4.69) is 34.3 Å². The SMILES string of the molecule is CCC(N)CCCc1cc(Br)cs1. The summed E-state index contributed by atoms with van der Waals surface area (Å²) in [4.78, 5) is 1.45. The molecule has 1 rings (SSSR count). The molecule has 0 bridgehead atoms. The van der Waals surface area contributed by atoms with Crippen LogP contribution in [0.4, 0.5) is 0 Å². The molecule has 0 aliphatic heterocycles. The van der Waals surface area contributed by atoms with Crippen molar-refractivity contribution in [3.05, 3.63) is 20.8 Å². The van der Waals surface area contributed by atoms with Crippen molar-refractivity contribution in [3.8, 4) is 0 Å². The number of hydrogen-bond acceptors (Lipinski definition) is 2. The first-order valence-corrected chi connectivity index (χ1v) is 6.38. The molecule has 0 aliphatic rings. The summed E-state index contributed by atoms with van der Waals surface area (Å²) in [5.74, 6) is 0. The fourth-order valence-electron chi connectivity index (χ4n) is 1.23. The molecule has 0 fully saturated rings. The molecule has 1 unspecified atom stereocenters. The molecule has 0 saturated heterocycles. The van der Waals surface area contributed by atoms with Gasteiger partial charge in [-0.2, -0.15) is 0 Å². The summed E-state index contributed by atoms with van der Waals surface area (Å²) in [6, 6.07) is 2.59. The molecule has 0 aromatic carbocycles. The first kappa shape index (κ1) is 11.2. The quantitative estimate of drug-likeness (QED) is 0.862. The molecule has 0 aliphatic carbocycles. The number of halogens is 1. The minimum atomic E-state index is 0.392. The van der Waals surface area contributed by atoms with Gasteiger partial charge in [-0.3, -0.25) is 0 Å². The van der Waals surface area contributed by atoms with E-state index in [1.807, 2.05) is 11.3 Å². The van der Waals surface area contributed by atoms with Crippen LogP contribution in [0.5, 0.6) is 0 Å². The van der Waals surface area contributed by atoms with Crippen molar-refractivity contribution in [1.29, 1.82) is 0 Å². The van der Waals surface area contributed by atoms with Gasteiger partial charge in [-0.1, -0.05) is 6.92 Å². The van der Waals surface area contributed by atoms with Gasteiger partial charge in [0.05, 0.1) is 0 Å². The van der Waals surface area contributed by atoms with E-state index >= 15 is 0 Å². The number of rotatable bonds is 5. The summed E-state index contributed by atoms with van der Waals surface area (Å²) < 4.78 is 1.20. The van der Waals surface area contributed by atoms with Crippen LogP contribution in [0.15, 0.2) is 15.9 Å². The van der Waals surface area contributed by atoms with Crippen molar-refractivity contribution < 1.29 is 0 Å². The third kappa shape index (κ3) is 4.25. The topological polar surface area (TPSA) is 26.0 Å². The lowest BCUT2D eigenvalue weighted by Crippen LogP contribution is -2.18. The highest BCUT2D eigenvalue weighted by Crippen LogP contribution is 2.21. The lowest BCUT2D eigenvalue weighted by Gasteiger charge is -2.06. The number of hydrogen-bond donors (Lipinski definition) is 1. The Bertz CT molecular complexity index is 247. The molecule has 0 saturated carbocycles. The van der Waals surface area contributed by atoms with Crippen molar-refractivity contribution in [2.75, 3.05) is 0 Å². The predicted molar refractivity (Wildman–Crippen MR) is 63.2 cm³/mol. The van der Waals surface area contributed by atoms with Crippen LogP contribution in [-0.2, 0) is 6.42 Å². The second kappa shape index (κ2) is 5.78. The Morgan fingerprint density at radius 3 is 2.92 bits per heavy atom. The molecule has 13 heavy (non-hydrogen) atoms. The molecule has 1 atom stereocenters. The van der Waals surface area contributed by atoms with Crippen LogP contribution < -0.4 is 5.73 Å². The lowest BCUT2D eigenvalue weighted by molar-refractivity contribution is 0.570. The fourth-order valence-corrected chi connectivity index (χ4v) is 2.72. The fraction of sp³-hybridized carbons (Fsp3) is 0.600. The molecular formula is C10H16BrNS. The molecular weight excluding hydrogens is 246 g/mol. The second-order valence-corrected chi connectivity index (χ2v) is 5.20. The van der Waals surface area contributed by atoms with Gasteiger partial charge in [0.2, 0.25) is 0 Å². The van der Waals surface area contributed by atoms with Crippen molar-refractivity contribution in [3.63, 3.8) is 0 Å². The highest BCUT2D eigenvalue weighted by atomic mass is 79.9. The van der Waals surface area contributed by atoms with Crippen LogP contribution in [-0.4, -0.2) is 6.04 Å². The maximum atomic E-state index is 5.84. The van der Waals surface area contributed by atoms with Crippen LogP contribution in [0.25, 0.3) is 0 Å². The first-order chi connectivity index (χ1) is 6.22. The van der Waals surface area contributed by atoms with E-state index in [0.717, 1.165) is 12.8 Å². The number of thiophene rings is 1. The highest BCUT2D eigenvalue weighted by molar-refractivity contribution is 9.10. The van der Waals surface area contributed by atoms with Gasteiger partial charge in [0.1, 0.15) is 0 Å². The van der Waals surface area contributed by atoms with Crippen LogP contribution in [0, 0.1) is 0 Å². The van der Waals surface area contributed by atoms with Crippen LogP contribution in [0.1, 0.15) is 31.1 Å². The summed E-state index contributed by atoms with van der Waals surface area (Å²) in [5.41, 5.74) is 5.84. The van der Waals surface area contributed by atoms with E-state index in [4.69, 9.17) is 5.73 Å². The Balaban J connectivity index is 2.20. The average molecular weight is 262 g/mol. The summed E-state index contributed by atoms with van der Waals surface area (Å²) in [6.45, 7) is 2.15. The molecule has 0 spiro atoms. The molecule has 1 nitrogen and oxygen atoms in total. The minimum Gasteiger partial charge on any atom is -0.328 e. The van der Waals surface area contributed by atoms with Crippen molar-refractivity contribution >= 4 is 27.3 Å². The molecule has 1 heterocycles. The Labute approximate surface area is 92.5 Å². The standard InChI is InChI=1S/C10H16BrNS/c1-2-9(12)4-3-5-10-6-8(11)7-13-10/h6-7,9H,2-5,12H2,1H3. The van der Waals surface area contributed by atoms with Crippen LogP contribution >= 0.6 is 27.3 Å². The third-order valence-corrected chi connectivity index (χ3v) is 3.90. The molecule has 3 heteroatoms. The maximum Gasteiger partial charge on any atom is 0.0285 e. The zero-order valence-corrected chi connectivity index (χ0v) is 10.3. The van der Waals surface area contributed by atoms with Gasteiger partial charge in [0.25, 0.3) is 0 Å². The highest BCUT2D eigenvalue weighted by Gasteiger charge is 2.01. The predicted octanol–water partition coefficient (Wildman–Crippen LogP) is 3.57. The van der Waals surface area contributed by atoms with Crippen molar-refractivity contribution in [1.82, 2.24) is 0 Å². The second-order valence-electron chi connectivity index (χ2n) is 3.29. The average Bonchev–Trinajstić information content (AvgIpc) is 2.51. The maximum absolute atomic E-state index is 5.84. The molecule has 1 aromatic heterocycles. The lowest BCUT2D eigenvalue weighted by atomic mass is 10.1. The molecule has 2 N–H and O–H groups in total. The van der Waals surface area contributed by atoms with E-state index in [1.54, 1.807) is 0 Å². The summed E-state index contributed by atoms with van der Waals surface area (Å²) in [5, 5.41) is 2.13. The smallest absolute Gasteiger partial charge is 0.0285 e. The Kier molecular flexibility index (Phi) is 4.99. The Hall–Kier alpha value is 0.140. The van der Waals surface area contributed by atoms with E-state index in [1.165, 1.54) is 22.2 Å². The van der Waals surface area contributed by atoms with Gasteiger partial charge < -0.3 is 5.73 Å². The molecule has 1 aromatic rings. The summed E-state index contributed by atoms with van der Waals surface area (Å²) >= 11 is 5.27. The number of aryl methyl sites for hydroxylation is 1.